The first-order valence-corrected chi connectivity index (χ1v) is 9.29. The highest BCUT2D eigenvalue weighted by molar-refractivity contribution is 8.00. The lowest BCUT2D eigenvalue weighted by molar-refractivity contribution is 0.251. The molecule has 3 unspecified atom stereocenters. The fraction of sp³-hybridized carbons (Fsp3) is 0.647. The molecule has 20 heavy (non-hydrogen) atoms. The quantitative estimate of drug-likeness (QED) is 0.812. The minimum Gasteiger partial charge on any atom is -0.315 e. The lowest BCUT2D eigenvalue weighted by atomic mass is 9.80. The summed E-state index contributed by atoms with van der Waals surface area (Å²) in [5, 5.41) is 4.43. The van der Waals surface area contributed by atoms with Gasteiger partial charge in [0.05, 0.1) is 0 Å². The summed E-state index contributed by atoms with van der Waals surface area (Å²) >= 11 is 8.15. The van der Waals surface area contributed by atoms with E-state index in [0.717, 1.165) is 30.8 Å². The van der Waals surface area contributed by atoms with E-state index in [9.17, 15) is 0 Å². The maximum atomic E-state index is 6.11. The molecule has 1 aliphatic heterocycles. The van der Waals surface area contributed by atoms with E-state index in [1.54, 1.807) is 0 Å². The third-order valence-corrected chi connectivity index (χ3v) is 6.47. The summed E-state index contributed by atoms with van der Waals surface area (Å²) in [6.07, 6.45) is 6.68. The lowest BCUT2D eigenvalue weighted by Gasteiger charge is -2.30. The summed E-state index contributed by atoms with van der Waals surface area (Å²) in [4.78, 5) is 1.48. The number of benzene rings is 1. The van der Waals surface area contributed by atoms with Crippen molar-refractivity contribution in [3.8, 4) is 0 Å². The molecule has 1 saturated carbocycles. The molecule has 0 radical (unpaired) electrons. The predicted molar refractivity (Wildman–Crippen MR) is 88.8 cm³/mol. The second kappa shape index (κ2) is 7.20. The van der Waals surface area contributed by atoms with Crippen molar-refractivity contribution < 1.29 is 0 Å². The Hall–Kier alpha value is -0.180. The number of alkyl halides is 1. The summed E-state index contributed by atoms with van der Waals surface area (Å²) in [5.41, 5.74) is 1.53. The van der Waals surface area contributed by atoms with Gasteiger partial charge in [0.2, 0.25) is 0 Å². The molecule has 0 aromatic heterocycles. The Bertz CT molecular complexity index is 412. The minimum absolute atomic E-state index is 0.713. The van der Waals surface area contributed by atoms with Crippen LogP contribution in [0.2, 0.25) is 0 Å². The molecule has 1 heterocycles. The van der Waals surface area contributed by atoms with Crippen molar-refractivity contribution in [1.29, 1.82) is 0 Å². The summed E-state index contributed by atoms with van der Waals surface area (Å²) < 4.78 is 0. The minimum atomic E-state index is 0.713. The number of rotatable bonds is 5. The van der Waals surface area contributed by atoms with Crippen LogP contribution in [0.1, 0.15) is 31.2 Å². The molecular weight excluding hydrogens is 286 g/mol. The van der Waals surface area contributed by atoms with Crippen molar-refractivity contribution in [3.05, 3.63) is 29.8 Å². The van der Waals surface area contributed by atoms with Crippen molar-refractivity contribution in [3.63, 3.8) is 0 Å². The molecule has 0 amide bonds. The van der Waals surface area contributed by atoms with Crippen molar-refractivity contribution in [2.45, 2.75) is 42.2 Å². The SMILES string of the molecule is ClCC1CCCCC1CNCC1Cc2ccccc2S1. The van der Waals surface area contributed by atoms with Gasteiger partial charge in [-0.05, 0) is 49.3 Å². The zero-order valence-electron chi connectivity index (χ0n) is 12.0. The van der Waals surface area contributed by atoms with Crippen molar-refractivity contribution in [2.75, 3.05) is 19.0 Å². The number of hydrogen-bond acceptors (Lipinski definition) is 2. The summed E-state index contributed by atoms with van der Waals surface area (Å²) in [7, 11) is 0. The first kappa shape index (κ1) is 14.7. The molecule has 0 spiro atoms. The maximum absolute atomic E-state index is 6.11. The van der Waals surface area contributed by atoms with E-state index in [1.807, 2.05) is 11.8 Å². The van der Waals surface area contributed by atoms with E-state index in [1.165, 1.54) is 42.6 Å². The Morgan fingerprint density at radius 2 is 1.90 bits per heavy atom. The highest BCUT2D eigenvalue weighted by atomic mass is 35.5. The van der Waals surface area contributed by atoms with E-state index in [4.69, 9.17) is 11.6 Å². The zero-order valence-corrected chi connectivity index (χ0v) is 13.6. The molecule has 3 rings (SSSR count). The molecule has 110 valence electrons. The molecule has 3 atom stereocenters. The van der Waals surface area contributed by atoms with E-state index in [-0.39, 0.29) is 0 Å². The fourth-order valence-corrected chi connectivity index (χ4v) is 5.24. The van der Waals surface area contributed by atoms with Gasteiger partial charge in [-0.25, -0.2) is 0 Å². The van der Waals surface area contributed by atoms with Gasteiger partial charge in [0.15, 0.2) is 0 Å². The number of hydrogen-bond donors (Lipinski definition) is 1. The van der Waals surface area contributed by atoms with Gasteiger partial charge < -0.3 is 5.32 Å². The lowest BCUT2D eigenvalue weighted by Crippen LogP contribution is -2.34. The van der Waals surface area contributed by atoms with Gasteiger partial charge in [-0.1, -0.05) is 31.0 Å². The molecule has 1 fully saturated rings. The molecule has 1 aliphatic carbocycles. The Morgan fingerprint density at radius 3 is 2.70 bits per heavy atom. The summed E-state index contributed by atoms with van der Waals surface area (Å²) in [6, 6.07) is 8.83. The van der Waals surface area contributed by atoms with E-state index in [2.05, 4.69) is 29.6 Å². The second-order valence-electron chi connectivity index (χ2n) is 6.17. The van der Waals surface area contributed by atoms with Crippen LogP contribution in [-0.4, -0.2) is 24.2 Å². The molecule has 1 N–H and O–H groups in total. The number of thioether (sulfide) groups is 1. The van der Waals surface area contributed by atoms with Crippen molar-refractivity contribution in [2.24, 2.45) is 11.8 Å². The van der Waals surface area contributed by atoms with Crippen LogP contribution >= 0.6 is 23.4 Å². The summed E-state index contributed by atoms with van der Waals surface area (Å²) in [6.45, 7) is 2.29. The van der Waals surface area contributed by atoms with Crippen LogP contribution in [0.25, 0.3) is 0 Å². The molecule has 3 heteroatoms. The van der Waals surface area contributed by atoms with Crippen LogP contribution in [-0.2, 0) is 6.42 Å². The van der Waals surface area contributed by atoms with Crippen LogP contribution in [0.5, 0.6) is 0 Å². The number of nitrogens with one attached hydrogen (secondary N) is 1. The molecular formula is C17H24ClNS. The highest BCUT2D eigenvalue weighted by Crippen LogP contribution is 2.36. The Balaban J connectivity index is 1.43. The molecule has 2 aliphatic rings. The van der Waals surface area contributed by atoms with Gasteiger partial charge >= 0.3 is 0 Å². The van der Waals surface area contributed by atoms with Gasteiger partial charge in [-0.2, -0.15) is 0 Å². The van der Waals surface area contributed by atoms with Crippen LogP contribution in [0.15, 0.2) is 29.2 Å². The topological polar surface area (TPSA) is 12.0 Å². The maximum Gasteiger partial charge on any atom is 0.0260 e. The predicted octanol–water partition coefficient (Wildman–Crippen LogP) is 4.34. The summed E-state index contributed by atoms with van der Waals surface area (Å²) in [5.74, 6) is 2.39. The average Bonchev–Trinajstić information content (AvgIpc) is 2.90. The molecule has 0 bridgehead atoms. The van der Waals surface area contributed by atoms with E-state index >= 15 is 0 Å². The van der Waals surface area contributed by atoms with Gasteiger partial charge in [0.25, 0.3) is 0 Å². The standard InChI is InChI=1S/C17H24ClNS/c18-10-14-6-1-2-7-15(14)11-19-12-16-9-13-5-3-4-8-17(13)20-16/h3-5,8,14-16,19H,1-2,6-7,9-12H2. The smallest absolute Gasteiger partial charge is 0.0260 e. The van der Waals surface area contributed by atoms with E-state index in [0.29, 0.717) is 5.25 Å². The van der Waals surface area contributed by atoms with Gasteiger partial charge in [0.1, 0.15) is 0 Å². The first-order valence-electron chi connectivity index (χ1n) is 7.88. The number of fused-ring (bicyclic) bond motifs is 1. The zero-order chi connectivity index (χ0) is 13.8. The molecule has 0 saturated heterocycles. The van der Waals surface area contributed by atoms with Crippen LogP contribution in [0.3, 0.4) is 0 Å². The van der Waals surface area contributed by atoms with Crippen LogP contribution < -0.4 is 5.32 Å². The third-order valence-electron chi connectivity index (χ3n) is 4.76. The fourth-order valence-electron chi connectivity index (χ4n) is 3.55. The van der Waals surface area contributed by atoms with Gasteiger partial charge in [-0.15, -0.1) is 23.4 Å². The highest BCUT2D eigenvalue weighted by Gasteiger charge is 2.25. The van der Waals surface area contributed by atoms with Gasteiger partial charge in [-0.3, -0.25) is 0 Å². The molecule has 1 aromatic rings. The monoisotopic (exact) mass is 309 g/mol. The largest absolute Gasteiger partial charge is 0.315 e. The molecule has 1 aromatic carbocycles. The number of halogens is 1. The Kier molecular flexibility index (Phi) is 5.30. The van der Waals surface area contributed by atoms with E-state index < -0.39 is 0 Å². The van der Waals surface area contributed by atoms with Gasteiger partial charge in [0, 0.05) is 22.6 Å². The van der Waals surface area contributed by atoms with Crippen LogP contribution in [0.4, 0.5) is 0 Å². The second-order valence-corrected chi connectivity index (χ2v) is 7.82. The average molecular weight is 310 g/mol. The van der Waals surface area contributed by atoms with Crippen molar-refractivity contribution in [1.82, 2.24) is 5.32 Å². The third kappa shape index (κ3) is 3.52. The molecule has 1 nitrogen and oxygen atoms in total. The first-order chi connectivity index (χ1) is 9.86. The normalized spacial score (nSPS) is 29.4. The van der Waals surface area contributed by atoms with Crippen LogP contribution in [0, 0.1) is 11.8 Å². The Labute approximate surface area is 131 Å². The van der Waals surface area contributed by atoms with Crippen molar-refractivity contribution >= 4 is 23.4 Å². The Morgan fingerprint density at radius 1 is 1.10 bits per heavy atom.